The van der Waals surface area contributed by atoms with Gasteiger partial charge in [0.05, 0.1) is 18.8 Å². The molecule has 0 unspecified atom stereocenters. The lowest BCUT2D eigenvalue weighted by Crippen LogP contribution is -2.27. The zero-order chi connectivity index (χ0) is 24.7. The number of hydrogen-bond donors (Lipinski definition) is 0. The van der Waals surface area contributed by atoms with Gasteiger partial charge in [-0.3, -0.25) is 0 Å². The molecule has 1 saturated heterocycles. The molecule has 34 heavy (non-hydrogen) atoms. The van der Waals surface area contributed by atoms with Crippen LogP contribution in [0.3, 0.4) is 0 Å². The van der Waals surface area contributed by atoms with Crippen LogP contribution in [0.2, 0.25) is 0 Å². The first-order chi connectivity index (χ1) is 16.2. The molecular formula is C25H25F5O4. The first kappa shape index (κ1) is 25.8. The van der Waals surface area contributed by atoms with E-state index in [0.717, 1.165) is 19.3 Å². The second kappa shape index (κ2) is 11.6. The molecule has 0 amide bonds. The molecule has 1 aliphatic rings. The molecule has 1 aliphatic heterocycles. The summed E-state index contributed by atoms with van der Waals surface area (Å²) in [6.07, 6.45) is -0.766. The van der Waals surface area contributed by atoms with Gasteiger partial charge < -0.3 is 14.2 Å². The number of unbranched alkanes of at least 4 members (excludes halogenated alkanes) is 2. The van der Waals surface area contributed by atoms with Crippen LogP contribution in [0, 0.1) is 17.6 Å². The van der Waals surface area contributed by atoms with E-state index < -0.39 is 41.4 Å². The van der Waals surface area contributed by atoms with Gasteiger partial charge >= 0.3 is 12.1 Å². The Balaban J connectivity index is 1.59. The minimum atomic E-state index is -4.72. The highest BCUT2D eigenvalue weighted by molar-refractivity contribution is 5.91. The number of rotatable bonds is 8. The fourth-order valence-corrected chi connectivity index (χ4v) is 3.48. The number of esters is 1. The van der Waals surface area contributed by atoms with Crippen molar-refractivity contribution >= 4 is 12.0 Å². The number of hydrogen-bond acceptors (Lipinski definition) is 4. The molecule has 2 aromatic carbocycles. The highest BCUT2D eigenvalue weighted by Gasteiger charge is 2.24. The van der Waals surface area contributed by atoms with E-state index in [1.807, 2.05) is 0 Å². The Morgan fingerprint density at radius 2 is 1.68 bits per heavy atom. The number of halogens is 5. The standard InChI is InChI=1S/C25H25F5O4/c1-2-3-4-5-16-14-32-24(33-15-16)18-8-6-17(7-9-18)23(31)34-19-12-21(26)20(22(27)13-19)10-11-25(28,29)30/h6-13,16,24H,2-5,14-15H2,1H3/b11-10+. The number of carbonyl (C=O) groups excluding carboxylic acids is 1. The maximum absolute atomic E-state index is 14.0. The number of allylic oxidation sites excluding steroid dienone is 1. The van der Waals surface area contributed by atoms with Gasteiger partial charge in [-0.1, -0.05) is 38.3 Å². The predicted molar refractivity (Wildman–Crippen MR) is 115 cm³/mol. The molecule has 2 aromatic rings. The van der Waals surface area contributed by atoms with Crippen LogP contribution in [0.5, 0.6) is 5.75 Å². The summed E-state index contributed by atoms with van der Waals surface area (Å²) >= 11 is 0. The molecule has 9 heteroatoms. The van der Waals surface area contributed by atoms with Crippen molar-refractivity contribution in [2.45, 2.75) is 45.1 Å². The average Bonchev–Trinajstić information content (AvgIpc) is 2.78. The van der Waals surface area contributed by atoms with Gasteiger partial charge in [0.2, 0.25) is 0 Å². The summed E-state index contributed by atoms with van der Waals surface area (Å²) in [7, 11) is 0. The zero-order valence-electron chi connectivity index (χ0n) is 18.5. The maximum Gasteiger partial charge on any atom is 0.409 e. The van der Waals surface area contributed by atoms with Crippen LogP contribution in [0.1, 0.15) is 60.4 Å². The predicted octanol–water partition coefficient (Wildman–Crippen LogP) is 7.00. The summed E-state index contributed by atoms with van der Waals surface area (Å²) in [4.78, 5) is 12.3. The van der Waals surface area contributed by atoms with Crippen molar-refractivity contribution in [2.75, 3.05) is 13.2 Å². The summed E-state index contributed by atoms with van der Waals surface area (Å²) in [5, 5.41) is 0. The van der Waals surface area contributed by atoms with Crippen molar-refractivity contribution in [3.05, 3.63) is 70.8 Å². The molecule has 0 aromatic heterocycles. The molecule has 184 valence electrons. The third-order valence-electron chi connectivity index (χ3n) is 5.30. The normalized spacial score (nSPS) is 18.9. The van der Waals surface area contributed by atoms with Gasteiger partial charge in [-0.25, -0.2) is 13.6 Å². The number of alkyl halides is 3. The SMILES string of the molecule is CCCCCC1COC(c2ccc(C(=O)Oc3cc(F)c(/C=C/C(F)(F)F)c(F)c3)cc2)OC1. The third kappa shape index (κ3) is 7.36. The molecule has 0 bridgehead atoms. The van der Waals surface area contributed by atoms with E-state index in [9.17, 15) is 26.7 Å². The highest BCUT2D eigenvalue weighted by Crippen LogP contribution is 2.28. The van der Waals surface area contributed by atoms with E-state index in [1.54, 1.807) is 12.1 Å². The van der Waals surface area contributed by atoms with Gasteiger partial charge in [-0.15, -0.1) is 0 Å². The van der Waals surface area contributed by atoms with E-state index in [1.165, 1.54) is 18.6 Å². The fourth-order valence-electron chi connectivity index (χ4n) is 3.48. The van der Waals surface area contributed by atoms with E-state index in [4.69, 9.17) is 14.2 Å². The molecule has 1 heterocycles. The minimum absolute atomic E-state index is 0.110. The van der Waals surface area contributed by atoms with Gasteiger partial charge in [-0.05, 0) is 24.6 Å². The number of carbonyl (C=O) groups is 1. The van der Waals surface area contributed by atoms with Crippen LogP contribution in [0.4, 0.5) is 22.0 Å². The van der Waals surface area contributed by atoms with E-state index in [-0.39, 0.29) is 17.7 Å². The molecule has 0 aliphatic carbocycles. The summed E-state index contributed by atoms with van der Waals surface area (Å²) in [5.74, 6) is -3.59. The van der Waals surface area contributed by atoms with Crippen molar-refractivity contribution in [3.63, 3.8) is 0 Å². The van der Waals surface area contributed by atoms with Gasteiger partial charge in [0, 0.05) is 35.3 Å². The first-order valence-electron chi connectivity index (χ1n) is 11.0. The van der Waals surface area contributed by atoms with Crippen molar-refractivity contribution in [1.29, 1.82) is 0 Å². The van der Waals surface area contributed by atoms with Crippen molar-refractivity contribution in [1.82, 2.24) is 0 Å². The molecule has 0 atom stereocenters. The van der Waals surface area contributed by atoms with Crippen molar-refractivity contribution < 1.29 is 41.0 Å². The lowest BCUT2D eigenvalue weighted by Gasteiger charge is -2.29. The van der Waals surface area contributed by atoms with Crippen LogP contribution in [0.25, 0.3) is 6.08 Å². The Labute approximate surface area is 194 Å². The Bertz CT molecular complexity index is 970. The molecule has 4 nitrogen and oxygen atoms in total. The van der Waals surface area contributed by atoms with Crippen LogP contribution in [-0.2, 0) is 9.47 Å². The summed E-state index contributed by atoms with van der Waals surface area (Å²) in [6, 6.07) is 7.48. The molecule has 0 saturated carbocycles. The second-order valence-corrected chi connectivity index (χ2v) is 8.05. The lowest BCUT2D eigenvalue weighted by molar-refractivity contribution is -0.206. The van der Waals surface area contributed by atoms with E-state index in [0.29, 0.717) is 36.8 Å². The van der Waals surface area contributed by atoms with Crippen LogP contribution < -0.4 is 4.74 Å². The molecule has 1 fully saturated rings. The van der Waals surface area contributed by atoms with Gasteiger partial charge in [-0.2, -0.15) is 13.2 Å². The smallest absolute Gasteiger partial charge is 0.409 e. The fraction of sp³-hybridized carbons (Fsp3) is 0.400. The molecule has 3 rings (SSSR count). The van der Waals surface area contributed by atoms with Gasteiger partial charge in [0.15, 0.2) is 6.29 Å². The Hall–Kier alpha value is -2.78. The number of benzene rings is 2. The van der Waals surface area contributed by atoms with Gasteiger partial charge in [0.25, 0.3) is 0 Å². The first-order valence-corrected chi connectivity index (χ1v) is 11.0. The zero-order valence-corrected chi connectivity index (χ0v) is 18.5. The Kier molecular flexibility index (Phi) is 8.79. The number of ether oxygens (including phenoxy) is 3. The van der Waals surface area contributed by atoms with Crippen LogP contribution in [-0.4, -0.2) is 25.4 Å². The quantitative estimate of drug-likeness (QED) is 0.175. The van der Waals surface area contributed by atoms with E-state index in [2.05, 4.69) is 6.92 Å². The second-order valence-electron chi connectivity index (χ2n) is 8.05. The van der Waals surface area contributed by atoms with Crippen LogP contribution >= 0.6 is 0 Å². The molecule has 0 spiro atoms. The average molecular weight is 484 g/mol. The monoisotopic (exact) mass is 484 g/mol. The lowest BCUT2D eigenvalue weighted by atomic mass is 10.0. The molecule has 0 radical (unpaired) electrons. The van der Waals surface area contributed by atoms with Crippen molar-refractivity contribution in [2.24, 2.45) is 5.92 Å². The van der Waals surface area contributed by atoms with Crippen LogP contribution in [0.15, 0.2) is 42.5 Å². The van der Waals surface area contributed by atoms with Crippen molar-refractivity contribution in [3.8, 4) is 5.75 Å². The highest BCUT2D eigenvalue weighted by atomic mass is 19.4. The Morgan fingerprint density at radius 3 is 2.24 bits per heavy atom. The molecular weight excluding hydrogens is 459 g/mol. The largest absolute Gasteiger partial charge is 0.423 e. The van der Waals surface area contributed by atoms with Gasteiger partial charge in [0.1, 0.15) is 17.4 Å². The summed E-state index contributed by atoms with van der Waals surface area (Å²) < 4.78 is 81.4. The molecule has 0 N–H and O–H groups in total. The Morgan fingerprint density at radius 1 is 1.06 bits per heavy atom. The van der Waals surface area contributed by atoms with E-state index >= 15 is 0 Å². The minimum Gasteiger partial charge on any atom is -0.423 e. The topological polar surface area (TPSA) is 44.8 Å². The summed E-state index contributed by atoms with van der Waals surface area (Å²) in [6.45, 7) is 3.32. The third-order valence-corrected chi connectivity index (χ3v) is 5.30. The maximum atomic E-state index is 14.0. The summed E-state index contributed by atoms with van der Waals surface area (Å²) in [5.41, 5.74) is -0.0677.